The molecule has 7 nitrogen and oxygen atoms in total. The van der Waals surface area contributed by atoms with Crippen LogP contribution < -0.4 is 13.9 Å². The molecule has 0 atom stereocenters. The zero-order valence-electron chi connectivity index (χ0n) is 13.5. The van der Waals surface area contributed by atoms with Gasteiger partial charge in [0.1, 0.15) is 10.6 Å². The molecule has 24 heavy (non-hydrogen) atoms. The Morgan fingerprint density at radius 1 is 1.17 bits per heavy atom. The predicted octanol–water partition coefficient (Wildman–Crippen LogP) is 2.63. The van der Waals surface area contributed by atoms with E-state index in [9.17, 15) is 13.2 Å². The van der Waals surface area contributed by atoms with E-state index < -0.39 is 16.1 Å². The molecule has 2 amide bonds. The fraction of sp³-hybridized carbons (Fsp3) is 0.250. The van der Waals surface area contributed by atoms with E-state index in [1.54, 1.807) is 24.3 Å². The highest BCUT2D eigenvalue weighted by atomic mass is 32.2. The van der Waals surface area contributed by atoms with Gasteiger partial charge in [-0.15, -0.1) is 0 Å². The van der Waals surface area contributed by atoms with Crippen LogP contribution in [0.15, 0.2) is 47.5 Å². The number of nitrogens with zero attached hydrogens (tertiary/aromatic N) is 3. The van der Waals surface area contributed by atoms with E-state index >= 15 is 0 Å². The monoisotopic (exact) mass is 347 g/mol. The van der Waals surface area contributed by atoms with Gasteiger partial charge in [-0.25, -0.2) is 18.2 Å². The predicted molar refractivity (Wildman–Crippen MR) is 89.9 cm³/mol. The van der Waals surface area contributed by atoms with Gasteiger partial charge in [0.2, 0.25) is 0 Å². The van der Waals surface area contributed by atoms with Crippen LogP contribution >= 0.6 is 0 Å². The molecule has 2 heterocycles. The lowest BCUT2D eigenvalue weighted by atomic mass is 10.2. The van der Waals surface area contributed by atoms with Crippen LogP contribution in [0.4, 0.5) is 16.3 Å². The van der Waals surface area contributed by atoms with Crippen molar-refractivity contribution in [2.24, 2.45) is 0 Å². The Morgan fingerprint density at radius 3 is 2.54 bits per heavy atom. The first-order valence-corrected chi connectivity index (χ1v) is 8.81. The van der Waals surface area contributed by atoms with Gasteiger partial charge in [0.25, 0.3) is 10.0 Å². The molecule has 126 valence electrons. The average molecular weight is 347 g/mol. The maximum Gasteiger partial charge on any atom is 0.344 e. The molecule has 0 fully saturated rings. The minimum absolute atomic E-state index is 0.0337. The Kier molecular flexibility index (Phi) is 3.92. The largest absolute Gasteiger partial charge is 0.491 e. The van der Waals surface area contributed by atoms with Crippen molar-refractivity contribution in [3.05, 3.63) is 42.6 Å². The first-order chi connectivity index (χ1) is 11.3. The van der Waals surface area contributed by atoms with Crippen molar-refractivity contribution in [2.75, 3.05) is 16.3 Å². The van der Waals surface area contributed by atoms with Crippen LogP contribution in [0.2, 0.25) is 0 Å². The average Bonchev–Trinajstić information content (AvgIpc) is 2.53. The van der Waals surface area contributed by atoms with Gasteiger partial charge in [-0.1, -0.05) is 6.07 Å². The fourth-order valence-corrected chi connectivity index (χ4v) is 4.04. The molecule has 0 aliphatic carbocycles. The van der Waals surface area contributed by atoms with E-state index in [1.165, 1.54) is 30.3 Å². The summed E-state index contributed by atoms with van der Waals surface area (Å²) in [6, 6.07) is 8.64. The molecule has 0 radical (unpaired) electrons. The smallest absolute Gasteiger partial charge is 0.344 e. The minimum atomic E-state index is -4.04. The summed E-state index contributed by atoms with van der Waals surface area (Å²) in [4.78, 5) is 17.9. The molecule has 1 aromatic carbocycles. The number of anilines is 2. The lowest BCUT2D eigenvalue weighted by Crippen LogP contribution is -2.49. The SMILES string of the molecule is CC(C)Oc1ccc2c(c1)N(C)C(=O)N(c1ccccn1)S2(=O)=O. The van der Waals surface area contributed by atoms with Gasteiger partial charge in [0, 0.05) is 19.3 Å². The molecule has 1 aliphatic heterocycles. The second-order valence-electron chi connectivity index (χ2n) is 5.60. The van der Waals surface area contributed by atoms with Crippen molar-refractivity contribution < 1.29 is 17.9 Å². The van der Waals surface area contributed by atoms with Crippen LogP contribution in [0, 0.1) is 0 Å². The number of pyridine rings is 1. The molecule has 2 aromatic rings. The van der Waals surface area contributed by atoms with Gasteiger partial charge in [-0.3, -0.25) is 4.90 Å². The van der Waals surface area contributed by atoms with Gasteiger partial charge in [0.15, 0.2) is 5.82 Å². The summed E-state index contributed by atoms with van der Waals surface area (Å²) in [5.41, 5.74) is 0.283. The number of sulfonamides is 1. The van der Waals surface area contributed by atoms with Crippen LogP contribution in [-0.2, 0) is 10.0 Å². The van der Waals surface area contributed by atoms with E-state index in [-0.39, 0.29) is 22.5 Å². The third-order valence-corrected chi connectivity index (χ3v) is 5.22. The van der Waals surface area contributed by atoms with Gasteiger partial charge >= 0.3 is 6.03 Å². The Labute approximate surface area is 140 Å². The normalized spacial score (nSPS) is 16.2. The lowest BCUT2D eigenvalue weighted by Gasteiger charge is -2.33. The van der Waals surface area contributed by atoms with E-state index in [4.69, 9.17) is 4.74 Å². The summed E-state index contributed by atoms with van der Waals surface area (Å²) >= 11 is 0. The van der Waals surface area contributed by atoms with E-state index in [0.717, 1.165) is 0 Å². The Balaban J connectivity index is 2.15. The Bertz CT molecular complexity index is 881. The zero-order chi connectivity index (χ0) is 17.5. The molecule has 8 heteroatoms. The molecule has 1 aliphatic rings. The molecule has 0 saturated heterocycles. The van der Waals surface area contributed by atoms with Gasteiger partial charge in [-0.2, -0.15) is 4.31 Å². The molecule has 0 bridgehead atoms. The van der Waals surface area contributed by atoms with Gasteiger partial charge in [-0.05, 0) is 38.1 Å². The third kappa shape index (κ3) is 2.58. The van der Waals surface area contributed by atoms with Crippen molar-refractivity contribution in [3.63, 3.8) is 0 Å². The third-order valence-electron chi connectivity index (χ3n) is 3.50. The molecular weight excluding hydrogens is 330 g/mol. The van der Waals surface area contributed by atoms with E-state index in [0.29, 0.717) is 10.1 Å². The van der Waals surface area contributed by atoms with Crippen molar-refractivity contribution in [2.45, 2.75) is 24.8 Å². The number of carbonyl (C=O) groups excluding carboxylic acids is 1. The Morgan fingerprint density at radius 2 is 1.92 bits per heavy atom. The highest BCUT2D eigenvalue weighted by Gasteiger charge is 2.42. The van der Waals surface area contributed by atoms with Crippen LogP contribution in [0.3, 0.4) is 0 Å². The first kappa shape index (κ1) is 16.3. The summed E-state index contributed by atoms with van der Waals surface area (Å²) in [5, 5.41) is 0. The molecular formula is C16H17N3O4S. The van der Waals surface area contributed by atoms with Crippen molar-refractivity contribution in [1.82, 2.24) is 4.98 Å². The lowest BCUT2D eigenvalue weighted by molar-refractivity contribution is 0.242. The second-order valence-corrected chi connectivity index (χ2v) is 7.35. The van der Waals surface area contributed by atoms with Crippen LogP contribution in [0.5, 0.6) is 5.75 Å². The number of hydrogen-bond acceptors (Lipinski definition) is 5. The summed E-state index contributed by atoms with van der Waals surface area (Å²) in [6.45, 7) is 3.74. The number of carbonyl (C=O) groups is 1. The zero-order valence-corrected chi connectivity index (χ0v) is 14.3. The molecule has 1 aromatic heterocycles. The maximum atomic E-state index is 12.9. The number of ether oxygens (including phenoxy) is 1. The van der Waals surface area contributed by atoms with Crippen LogP contribution in [-0.4, -0.2) is 32.6 Å². The topological polar surface area (TPSA) is 79.8 Å². The Hall–Kier alpha value is -2.61. The molecule has 0 spiro atoms. The van der Waals surface area contributed by atoms with Gasteiger partial charge < -0.3 is 4.74 Å². The summed E-state index contributed by atoms with van der Waals surface area (Å²) in [7, 11) is -2.52. The van der Waals surface area contributed by atoms with Crippen molar-refractivity contribution >= 4 is 27.6 Å². The highest BCUT2D eigenvalue weighted by molar-refractivity contribution is 7.94. The summed E-state index contributed by atoms with van der Waals surface area (Å²) in [5.74, 6) is 0.562. The number of rotatable bonds is 3. The molecule has 0 N–H and O–H groups in total. The number of aromatic nitrogens is 1. The fourth-order valence-electron chi connectivity index (χ4n) is 2.46. The van der Waals surface area contributed by atoms with Crippen molar-refractivity contribution in [3.8, 4) is 5.75 Å². The minimum Gasteiger partial charge on any atom is -0.491 e. The summed E-state index contributed by atoms with van der Waals surface area (Å²) < 4.78 is 32.1. The standard InChI is InChI=1S/C16H17N3O4S/c1-11(2)23-12-7-8-14-13(10-12)18(3)16(20)19(24(14,21)22)15-6-4-5-9-17-15/h4-11H,1-3H3. The van der Waals surface area contributed by atoms with Gasteiger partial charge in [0.05, 0.1) is 11.8 Å². The molecule has 3 rings (SSSR count). The van der Waals surface area contributed by atoms with Crippen LogP contribution in [0.25, 0.3) is 0 Å². The maximum absolute atomic E-state index is 12.9. The first-order valence-electron chi connectivity index (χ1n) is 7.37. The number of benzene rings is 1. The molecule has 0 unspecified atom stereocenters. The number of urea groups is 1. The number of hydrogen-bond donors (Lipinski definition) is 0. The van der Waals surface area contributed by atoms with Crippen molar-refractivity contribution in [1.29, 1.82) is 0 Å². The quantitative estimate of drug-likeness (QED) is 0.853. The summed E-state index contributed by atoms with van der Waals surface area (Å²) in [6.07, 6.45) is 1.38. The number of amides is 2. The van der Waals surface area contributed by atoms with E-state index in [2.05, 4.69) is 4.98 Å². The van der Waals surface area contributed by atoms with Crippen LogP contribution in [0.1, 0.15) is 13.8 Å². The molecule has 0 saturated carbocycles. The highest BCUT2D eigenvalue weighted by Crippen LogP contribution is 2.37. The second kappa shape index (κ2) is 5.79. The number of fused-ring (bicyclic) bond motifs is 1. The van der Waals surface area contributed by atoms with E-state index in [1.807, 2.05) is 13.8 Å².